The molecule has 3 aromatic carbocycles. The van der Waals surface area contributed by atoms with E-state index < -0.39 is 42.7 Å². The summed E-state index contributed by atoms with van der Waals surface area (Å²) in [4.78, 5) is 50.9. The molecular formula is C29H26ClFN4O6. The van der Waals surface area contributed by atoms with Gasteiger partial charge in [-0.25, -0.2) is 14.1 Å². The lowest BCUT2D eigenvalue weighted by Gasteiger charge is -2.15. The zero-order valence-electron chi connectivity index (χ0n) is 22.1. The molecule has 0 aliphatic carbocycles. The zero-order chi connectivity index (χ0) is 29.5. The number of nitrogens with zero attached hydrogens (tertiary/aromatic N) is 1. The number of hydrogen-bond acceptors (Lipinski definition) is 6. The van der Waals surface area contributed by atoms with Crippen LogP contribution in [0.5, 0.6) is 11.5 Å². The molecule has 3 N–H and O–H groups in total. The number of halogens is 2. The lowest BCUT2D eigenvalue weighted by Crippen LogP contribution is -2.38. The van der Waals surface area contributed by atoms with Crippen molar-refractivity contribution in [2.24, 2.45) is 0 Å². The molecule has 0 saturated carbocycles. The number of carbonyl (C=O) groups is 4. The molecule has 0 atom stereocenters. The number of imide groups is 1. The van der Waals surface area contributed by atoms with E-state index in [0.29, 0.717) is 16.9 Å². The van der Waals surface area contributed by atoms with Crippen LogP contribution in [0, 0.1) is 12.7 Å². The number of amides is 5. The van der Waals surface area contributed by atoms with Gasteiger partial charge in [0.05, 0.1) is 11.6 Å². The number of urea groups is 1. The Labute approximate surface area is 240 Å². The SMILES string of the molecule is CCOc1cc(/C=C2/NC(=O)N(CC(=O)Nc3cccc(C)c3)C2=O)cc(Cl)c1OCC(=O)Nc1ccc(F)cc1. The fourth-order valence-electron chi connectivity index (χ4n) is 3.89. The molecule has 0 spiro atoms. The monoisotopic (exact) mass is 580 g/mol. The molecule has 212 valence electrons. The minimum absolute atomic E-state index is 0.0655. The van der Waals surface area contributed by atoms with Crippen molar-refractivity contribution in [1.82, 2.24) is 10.2 Å². The van der Waals surface area contributed by atoms with E-state index in [1.165, 1.54) is 42.5 Å². The Kier molecular flexibility index (Phi) is 9.20. The van der Waals surface area contributed by atoms with Crippen LogP contribution < -0.4 is 25.4 Å². The number of benzene rings is 3. The van der Waals surface area contributed by atoms with E-state index in [-0.39, 0.29) is 28.8 Å². The van der Waals surface area contributed by atoms with Crippen molar-refractivity contribution in [3.05, 3.63) is 88.3 Å². The Morgan fingerprint density at radius 1 is 1.00 bits per heavy atom. The summed E-state index contributed by atoms with van der Waals surface area (Å²) in [6, 6.07) is 14.6. The van der Waals surface area contributed by atoms with Crippen molar-refractivity contribution < 1.29 is 33.0 Å². The van der Waals surface area contributed by atoms with Gasteiger partial charge in [0, 0.05) is 11.4 Å². The number of anilines is 2. The molecule has 3 aromatic rings. The third-order valence-corrected chi connectivity index (χ3v) is 5.96. The molecule has 0 aromatic heterocycles. The van der Waals surface area contributed by atoms with Gasteiger partial charge in [-0.15, -0.1) is 0 Å². The Bertz CT molecular complexity index is 1530. The maximum absolute atomic E-state index is 13.1. The lowest BCUT2D eigenvalue weighted by molar-refractivity contribution is -0.127. The van der Waals surface area contributed by atoms with E-state index in [1.807, 2.05) is 13.0 Å². The number of carbonyl (C=O) groups excluding carboxylic acids is 4. The van der Waals surface area contributed by atoms with Gasteiger partial charge >= 0.3 is 6.03 Å². The summed E-state index contributed by atoms with van der Waals surface area (Å²) in [5, 5.41) is 7.79. The first kappa shape index (κ1) is 29.1. The molecular weight excluding hydrogens is 555 g/mol. The van der Waals surface area contributed by atoms with Crippen LogP contribution in [0.2, 0.25) is 5.02 Å². The summed E-state index contributed by atoms with van der Waals surface area (Å²) in [5.74, 6) is -1.87. The first-order valence-electron chi connectivity index (χ1n) is 12.5. The van der Waals surface area contributed by atoms with Gasteiger partial charge in [0.15, 0.2) is 18.1 Å². The quantitative estimate of drug-likeness (QED) is 0.235. The highest BCUT2D eigenvalue weighted by molar-refractivity contribution is 6.32. The highest BCUT2D eigenvalue weighted by Crippen LogP contribution is 2.37. The Morgan fingerprint density at radius 2 is 1.73 bits per heavy atom. The van der Waals surface area contributed by atoms with Gasteiger partial charge in [-0.05, 0) is 79.6 Å². The number of rotatable bonds is 10. The molecule has 1 heterocycles. The van der Waals surface area contributed by atoms with Gasteiger partial charge in [-0.3, -0.25) is 14.4 Å². The van der Waals surface area contributed by atoms with Gasteiger partial charge in [0.25, 0.3) is 11.8 Å². The van der Waals surface area contributed by atoms with Crippen LogP contribution in [0.15, 0.2) is 66.4 Å². The number of aryl methyl sites for hydroxylation is 1. The van der Waals surface area contributed by atoms with Crippen LogP contribution >= 0.6 is 11.6 Å². The van der Waals surface area contributed by atoms with Crippen molar-refractivity contribution in [1.29, 1.82) is 0 Å². The molecule has 4 rings (SSSR count). The Morgan fingerprint density at radius 3 is 2.44 bits per heavy atom. The van der Waals surface area contributed by atoms with E-state index in [2.05, 4.69) is 16.0 Å². The van der Waals surface area contributed by atoms with Gasteiger partial charge in [0.1, 0.15) is 18.1 Å². The summed E-state index contributed by atoms with van der Waals surface area (Å²) in [5.41, 5.74) is 2.22. The third-order valence-electron chi connectivity index (χ3n) is 5.68. The molecule has 10 nitrogen and oxygen atoms in total. The lowest BCUT2D eigenvalue weighted by atomic mass is 10.1. The van der Waals surface area contributed by atoms with Crippen LogP contribution in [-0.4, -0.2) is 48.4 Å². The minimum atomic E-state index is -0.746. The van der Waals surface area contributed by atoms with Crippen LogP contribution in [0.4, 0.5) is 20.6 Å². The highest BCUT2D eigenvalue weighted by atomic mass is 35.5. The standard InChI is InChI=1S/C29H26ClFN4O6/c1-3-40-24-14-18(12-22(30)27(24)41-16-26(37)32-20-9-7-19(31)8-10-20)13-23-28(38)35(29(39)34-23)15-25(36)33-21-6-4-5-17(2)11-21/h4-14H,3,15-16H2,1-2H3,(H,32,37)(H,33,36)(H,34,39)/b23-13+. The number of nitrogens with one attached hydrogen (secondary N) is 3. The van der Waals surface area contributed by atoms with E-state index in [4.69, 9.17) is 21.1 Å². The number of ether oxygens (including phenoxy) is 2. The second-order valence-electron chi connectivity index (χ2n) is 8.90. The van der Waals surface area contributed by atoms with Gasteiger partial charge in [-0.2, -0.15) is 0 Å². The Hall–Kier alpha value is -4.90. The molecule has 1 aliphatic heterocycles. The van der Waals surface area contributed by atoms with Gasteiger partial charge in [0.2, 0.25) is 5.91 Å². The third kappa shape index (κ3) is 7.61. The first-order valence-corrected chi connectivity index (χ1v) is 12.9. The van der Waals surface area contributed by atoms with Crippen LogP contribution in [0.25, 0.3) is 6.08 Å². The summed E-state index contributed by atoms with van der Waals surface area (Å²) in [6.07, 6.45) is 1.39. The van der Waals surface area contributed by atoms with Crippen molar-refractivity contribution >= 4 is 52.8 Å². The molecule has 41 heavy (non-hydrogen) atoms. The van der Waals surface area contributed by atoms with E-state index >= 15 is 0 Å². The smallest absolute Gasteiger partial charge is 0.329 e. The molecule has 1 aliphatic rings. The predicted molar refractivity (Wildman–Crippen MR) is 151 cm³/mol. The molecule has 1 fully saturated rings. The summed E-state index contributed by atoms with van der Waals surface area (Å²) in [6.45, 7) is 2.97. The maximum atomic E-state index is 13.1. The van der Waals surface area contributed by atoms with E-state index in [9.17, 15) is 23.6 Å². The molecule has 5 amide bonds. The number of hydrogen-bond donors (Lipinski definition) is 3. The fraction of sp³-hybridized carbons (Fsp3) is 0.172. The summed E-state index contributed by atoms with van der Waals surface area (Å²) in [7, 11) is 0. The normalized spacial score (nSPS) is 13.7. The first-order chi connectivity index (χ1) is 19.6. The topological polar surface area (TPSA) is 126 Å². The zero-order valence-corrected chi connectivity index (χ0v) is 22.9. The van der Waals surface area contributed by atoms with Crippen LogP contribution in [-0.2, 0) is 14.4 Å². The van der Waals surface area contributed by atoms with E-state index in [0.717, 1.165) is 10.5 Å². The minimum Gasteiger partial charge on any atom is -0.490 e. The molecule has 1 saturated heterocycles. The predicted octanol–water partition coefficient (Wildman–Crippen LogP) is 4.74. The Balaban J connectivity index is 1.44. The largest absolute Gasteiger partial charge is 0.490 e. The van der Waals surface area contributed by atoms with Crippen molar-refractivity contribution in [2.75, 3.05) is 30.4 Å². The summed E-state index contributed by atoms with van der Waals surface area (Å²) < 4.78 is 24.3. The fourth-order valence-corrected chi connectivity index (χ4v) is 4.16. The van der Waals surface area contributed by atoms with Crippen LogP contribution in [0.1, 0.15) is 18.1 Å². The summed E-state index contributed by atoms with van der Waals surface area (Å²) >= 11 is 6.42. The molecule has 0 unspecified atom stereocenters. The van der Waals surface area contributed by atoms with Crippen molar-refractivity contribution in [3.8, 4) is 11.5 Å². The van der Waals surface area contributed by atoms with Gasteiger partial charge < -0.3 is 25.4 Å². The maximum Gasteiger partial charge on any atom is 0.329 e. The van der Waals surface area contributed by atoms with Crippen molar-refractivity contribution in [3.63, 3.8) is 0 Å². The second-order valence-corrected chi connectivity index (χ2v) is 9.31. The van der Waals surface area contributed by atoms with E-state index in [1.54, 1.807) is 25.1 Å². The van der Waals surface area contributed by atoms with Crippen molar-refractivity contribution in [2.45, 2.75) is 13.8 Å². The molecule has 0 bridgehead atoms. The van der Waals surface area contributed by atoms with Gasteiger partial charge in [-0.1, -0.05) is 23.7 Å². The second kappa shape index (κ2) is 13.0. The molecule has 0 radical (unpaired) electrons. The average molecular weight is 581 g/mol. The average Bonchev–Trinajstić information content (AvgIpc) is 3.17. The highest BCUT2D eigenvalue weighted by Gasteiger charge is 2.35. The molecule has 12 heteroatoms. The van der Waals surface area contributed by atoms with Crippen LogP contribution in [0.3, 0.4) is 0 Å².